The first-order chi connectivity index (χ1) is 15.1. The maximum absolute atomic E-state index is 13.7. The van der Waals surface area contributed by atoms with Gasteiger partial charge in [-0.05, 0) is 43.3 Å². The summed E-state index contributed by atoms with van der Waals surface area (Å²) in [6.07, 6.45) is -6.02. The number of aromatic nitrogens is 3. The second-order valence-electron chi connectivity index (χ2n) is 6.94. The average molecular weight is 450 g/mol. The van der Waals surface area contributed by atoms with Gasteiger partial charge < -0.3 is 9.73 Å². The molecule has 11 heteroatoms. The van der Waals surface area contributed by atoms with Gasteiger partial charge in [-0.15, -0.1) is 0 Å². The predicted octanol–water partition coefficient (Wildman–Crippen LogP) is 5.59. The molecule has 0 saturated carbocycles. The number of hydrogen-bond donors (Lipinski definition) is 1. The second-order valence-corrected chi connectivity index (χ2v) is 6.94. The van der Waals surface area contributed by atoms with Crippen molar-refractivity contribution < 1.29 is 31.2 Å². The number of benzene rings is 1. The van der Waals surface area contributed by atoms with Crippen molar-refractivity contribution in [3.8, 4) is 11.5 Å². The molecule has 0 aliphatic heterocycles. The molecule has 0 saturated heterocycles. The van der Waals surface area contributed by atoms with Crippen molar-refractivity contribution in [2.24, 2.45) is 0 Å². The predicted molar refractivity (Wildman–Crippen MR) is 105 cm³/mol. The molecule has 0 spiro atoms. The normalized spacial score (nSPS) is 12.0. The smallest absolute Gasteiger partial charge is 0.416 e. The van der Waals surface area contributed by atoms with Gasteiger partial charge in [0.25, 0.3) is 6.43 Å². The molecule has 0 aliphatic rings. The van der Waals surface area contributed by atoms with Crippen molar-refractivity contribution in [3.63, 3.8) is 0 Å². The van der Waals surface area contributed by atoms with Crippen molar-refractivity contribution in [1.82, 2.24) is 14.8 Å². The zero-order chi connectivity index (χ0) is 23.0. The zero-order valence-electron chi connectivity index (χ0n) is 16.5. The van der Waals surface area contributed by atoms with Crippen LogP contribution < -0.4 is 5.32 Å². The van der Waals surface area contributed by atoms with Gasteiger partial charge in [0.15, 0.2) is 11.4 Å². The van der Waals surface area contributed by atoms with Crippen molar-refractivity contribution in [3.05, 3.63) is 65.5 Å². The van der Waals surface area contributed by atoms with E-state index in [1.54, 1.807) is 12.1 Å². The van der Waals surface area contributed by atoms with Crippen molar-refractivity contribution >= 4 is 22.6 Å². The highest BCUT2D eigenvalue weighted by Crippen LogP contribution is 2.33. The number of pyridine rings is 1. The van der Waals surface area contributed by atoms with Gasteiger partial charge in [0, 0.05) is 11.3 Å². The molecule has 0 bridgehead atoms. The molecule has 0 aliphatic carbocycles. The van der Waals surface area contributed by atoms with Crippen LogP contribution in [-0.4, -0.2) is 20.7 Å². The summed E-state index contributed by atoms with van der Waals surface area (Å²) in [6, 6.07) is 8.48. The minimum Gasteiger partial charge on any atom is -0.463 e. The Hall–Kier alpha value is -3.76. The van der Waals surface area contributed by atoms with Crippen LogP contribution in [0.3, 0.4) is 0 Å². The quantitative estimate of drug-likeness (QED) is 0.402. The summed E-state index contributed by atoms with van der Waals surface area (Å²) < 4.78 is 72.5. The summed E-state index contributed by atoms with van der Waals surface area (Å²) in [7, 11) is 0. The summed E-state index contributed by atoms with van der Waals surface area (Å²) in [5.74, 6) is -0.440. The van der Waals surface area contributed by atoms with Crippen LogP contribution in [0, 0.1) is 6.92 Å². The highest BCUT2D eigenvalue weighted by atomic mass is 19.4. The summed E-state index contributed by atoms with van der Waals surface area (Å²) in [6.45, 7) is 1.06. The number of aryl methyl sites for hydroxylation is 1. The first kappa shape index (κ1) is 21.5. The fourth-order valence-electron chi connectivity index (χ4n) is 3.33. The van der Waals surface area contributed by atoms with E-state index in [1.165, 1.54) is 25.3 Å². The average Bonchev–Trinajstić information content (AvgIpc) is 3.36. The molecule has 3 aromatic heterocycles. The molecule has 1 amide bonds. The van der Waals surface area contributed by atoms with E-state index in [4.69, 9.17) is 4.42 Å². The topological polar surface area (TPSA) is 73.0 Å². The molecular weight excluding hydrogens is 435 g/mol. The van der Waals surface area contributed by atoms with Crippen LogP contribution in [0.4, 0.5) is 27.6 Å². The fraction of sp³-hybridized carbons (Fsp3) is 0.190. The SMILES string of the molecule is Cc1nn(CC(=O)Nc2cccc(C(F)(F)F)c2)c2nc(-c3ccco3)cc(C(F)F)c12. The van der Waals surface area contributed by atoms with E-state index in [-0.39, 0.29) is 39.4 Å². The van der Waals surface area contributed by atoms with Gasteiger partial charge in [0.05, 0.1) is 22.9 Å². The maximum Gasteiger partial charge on any atom is 0.416 e. The van der Waals surface area contributed by atoms with Gasteiger partial charge in [0.2, 0.25) is 5.91 Å². The van der Waals surface area contributed by atoms with E-state index in [9.17, 15) is 26.7 Å². The Balaban J connectivity index is 1.68. The van der Waals surface area contributed by atoms with Crippen LogP contribution >= 0.6 is 0 Å². The zero-order valence-corrected chi connectivity index (χ0v) is 16.5. The molecule has 0 radical (unpaired) electrons. The number of nitrogens with zero attached hydrogens (tertiary/aromatic N) is 3. The number of hydrogen-bond acceptors (Lipinski definition) is 4. The summed E-state index contributed by atoms with van der Waals surface area (Å²) in [4.78, 5) is 16.8. The number of halogens is 5. The first-order valence-corrected chi connectivity index (χ1v) is 9.30. The summed E-state index contributed by atoms with van der Waals surface area (Å²) in [5.41, 5.74) is -0.884. The number of furan rings is 1. The fourth-order valence-corrected chi connectivity index (χ4v) is 3.33. The molecule has 0 unspecified atom stereocenters. The summed E-state index contributed by atoms with van der Waals surface area (Å²) in [5, 5.41) is 6.60. The van der Waals surface area contributed by atoms with Gasteiger partial charge in [-0.1, -0.05) is 6.07 Å². The second kappa shape index (κ2) is 8.06. The third kappa shape index (κ3) is 4.18. The molecule has 3 heterocycles. The van der Waals surface area contributed by atoms with E-state index in [1.807, 2.05) is 0 Å². The summed E-state index contributed by atoms with van der Waals surface area (Å²) >= 11 is 0. The van der Waals surface area contributed by atoms with Crippen LogP contribution in [0.25, 0.3) is 22.5 Å². The Kier molecular flexibility index (Phi) is 5.41. The monoisotopic (exact) mass is 450 g/mol. The molecule has 1 aromatic carbocycles. The number of carbonyl (C=O) groups excluding carboxylic acids is 1. The van der Waals surface area contributed by atoms with Crippen molar-refractivity contribution in [2.75, 3.05) is 5.32 Å². The Morgan fingerprint density at radius 2 is 1.97 bits per heavy atom. The minimum absolute atomic E-state index is 0.0332. The first-order valence-electron chi connectivity index (χ1n) is 9.30. The third-order valence-corrected chi connectivity index (χ3v) is 4.68. The molecular formula is C21H15F5N4O2. The lowest BCUT2D eigenvalue weighted by atomic mass is 10.1. The lowest BCUT2D eigenvalue weighted by Gasteiger charge is -2.10. The van der Waals surface area contributed by atoms with E-state index < -0.39 is 30.6 Å². The largest absolute Gasteiger partial charge is 0.463 e. The molecule has 1 N–H and O–H groups in total. The van der Waals surface area contributed by atoms with Crippen LogP contribution in [0.2, 0.25) is 0 Å². The number of alkyl halides is 5. The Labute approximate surface area is 177 Å². The Morgan fingerprint density at radius 3 is 2.62 bits per heavy atom. The number of fused-ring (bicyclic) bond motifs is 1. The van der Waals surface area contributed by atoms with Gasteiger partial charge >= 0.3 is 6.18 Å². The number of rotatable bonds is 5. The van der Waals surface area contributed by atoms with E-state index in [0.29, 0.717) is 0 Å². The molecule has 0 atom stereocenters. The third-order valence-electron chi connectivity index (χ3n) is 4.68. The van der Waals surface area contributed by atoms with Gasteiger partial charge in [-0.25, -0.2) is 18.4 Å². The highest BCUT2D eigenvalue weighted by molar-refractivity contribution is 5.92. The molecule has 4 rings (SSSR count). The number of anilines is 1. The van der Waals surface area contributed by atoms with E-state index in [0.717, 1.165) is 22.9 Å². The van der Waals surface area contributed by atoms with Crippen LogP contribution in [-0.2, 0) is 17.5 Å². The lowest BCUT2D eigenvalue weighted by Crippen LogP contribution is -2.20. The van der Waals surface area contributed by atoms with E-state index in [2.05, 4.69) is 15.4 Å². The molecule has 166 valence electrons. The number of carbonyl (C=O) groups is 1. The molecule has 32 heavy (non-hydrogen) atoms. The van der Waals surface area contributed by atoms with Gasteiger partial charge in [-0.2, -0.15) is 18.3 Å². The minimum atomic E-state index is -4.56. The number of nitrogens with one attached hydrogen (secondary N) is 1. The molecule has 6 nitrogen and oxygen atoms in total. The number of amides is 1. The van der Waals surface area contributed by atoms with Crippen LogP contribution in [0.1, 0.15) is 23.2 Å². The Morgan fingerprint density at radius 1 is 1.19 bits per heavy atom. The van der Waals surface area contributed by atoms with E-state index >= 15 is 0 Å². The molecule has 4 aromatic rings. The van der Waals surface area contributed by atoms with Gasteiger partial charge in [-0.3, -0.25) is 4.79 Å². The van der Waals surface area contributed by atoms with Crippen molar-refractivity contribution in [1.29, 1.82) is 0 Å². The van der Waals surface area contributed by atoms with Crippen LogP contribution in [0.5, 0.6) is 0 Å². The lowest BCUT2D eigenvalue weighted by molar-refractivity contribution is -0.137. The van der Waals surface area contributed by atoms with Crippen LogP contribution in [0.15, 0.2) is 53.1 Å². The maximum atomic E-state index is 13.7. The molecule has 0 fully saturated rings. The highest BCUT2D eigenvalue weighted by Gasteiger charge is 2.30. The van der Waals surface area contributed by atoms with Crippen molar-refractivity contribution in [2.45, 2.75) is 26.1 Å². The standard InChI is InChI=1S/C21H15F5N4O2/c1-11-18-14(19(22)23)9-15(16-6-3-7-32-16)28-20(18)30(29-11)10-17(31)27-13-5-2-4-12(8-13)21(24,25)26/h2-9,19H,10H2,1H3,(H,27,31). The Bertz CT molecular complexity index is 1280. The van der Waals surface area contributed by atoms with Gasteiger partial charge in [0.1, 0.15) is 12.2 Å².